The number of benzene rings is 1. The summed E-state index contributed by atoms with van der Waals surface area (Å²) >= 11 is 5.84. The SMILES string of the molecule is COCCOCCNS(=O)(=O)c1cc(Cl)cc(N)c1C. The Morgan fingerprint density at radius 2 is 2.00 bits per heavy atom. The van der Waals surface area contributed by atoms with Gasteiger partial charge in [-0.05, 0) is 24.6 Å². The molecule has 0 spiro atoms. The van der Waals surface area contributed by atoms with Crippen LogP contribution in [-0.2, 0) is 19.5 Å². The molecule has 114 valence electrons. The lowest BCUT2D eigenvalue weighted by molar-refractivity contribution is 0.0736. The predicted octanol–water partition coefficient (Wildman–Crippen LogP) is 1.17. The number of ether oxygens (including phenoxy) is 2. The van der Waals surface area contributed by atoms with E-state index in [9.17, 15) is 8.42 Å². The third-order valence-electron chi connectivity index (χ3n) is 2.62. The minimum atomic E-state index is -3.65. The van der Waals surface area contributed by atoms with Gasteiger partial charge in [-0.2, -0.15) is 0 Å². The molecule has 1 rings (SSSR count). The van der Waals surface area contributed by atoms with Crippen LogP contribution in [-0.4, -0.2) is 41.9 Å². The van der Waals surface area contributed by atoms with Crippen molar-refractivity contribution in [2.75, 3.05) is 39.2 Å². The summed E-state index contributed by atoms with van der Waals surface area (Å²) in [5.74, 6) is 0. The second-order valence-corrected chi connectivity index (χ2v) is 6.29. The van der Waals surface area contributed by atoms with Crippen molar-refractivity contribution in [3.8, 4) is 0 Å². The maximum atomic E-state index is 12.1. The Balaban J connectivity index is 2.65. The Morgan fingerprint density at radius 3 is 2.65 bits per heavy atom. The van der Waals surface area contributed by atoms with E-state index in [2.05, 4.69) is 4.72 Å². The summed E-state index contributed by atoms with van der Waals surface area (Å²) in [5.41, 5.74) is 6.53. The molecular weight excluding hydrogens is 304 g/mol. The van der Waals surface area contributed by atoms with Crippen molar-refractivity contribution in [1.29, 1.82) is 0 Å². The Bertz CT molecular complexity index is 549. The van der Waals surface area contributed by atoms with Crippen molar-refractivity contribution in [2.45, 2.75) is 11.8 Å². The maximum absolute atomic E-state index is 12.1. The molecule has 8 heteroatoms. The largest absolute Gasteiger partial charge is 0.398 e. The van der Waals surface area contributed by atoms with E-state index in [4.69, 9.17) is 26.8 Å². The molecule has 0 aromatic heterocycles. The summed E-state index contributed by atoms with van der Waals surface area (Å²) in [7, 11) is -2.09. The van der Waals surface area contributed by atoms with Crippen LogP contribution < -0.4 is 10.5 Å². The van der Waals surface area contributed by atoms with Crippen molar-refractivity contribution >= 4 is 27.3 Å². The van der Waals surface area contributed by atoms with Crippen LogP contribution in [0.25, 0.3) is 0 Å². The highest BCUT2D eigenvalue weighted by Crippen LogP contribution is 2.25. The van der Waals surface area contributed by atoms with Crippen molar-refractivity contribution in [2.24, 2.45) is 0 Å². The van der Waals surface area contributed by atoms with Crippen LogP contribution in [0.15, 0.2) is 17.0 Å². The third kappa shape index (κ3) is 4.92. The fourth-order valence-electron chi connectivity index (χ4n) is 1.52. The van der Waals surface area contributed by atoms with Gasteiger partial charge in [0.15, 0.2) is 0 Å². The van der Waals surface area contributed by atoms with E-state index in [0.717, 1.165) is 0 Å². The second-order valence-electron chi connectivity index (χ2n) is 4.12. The van der Waals surface area contributed by atoms with Gasteiger partial charge in [0.05, 0.1) is 24.7 Å². The summed E-state index contributed by atoms with van der Waals surface area (Å²) in [5, 5.41) is 0.282. The number of nitrogens with two attached hydrogens (primary N) is 1. The lowest BCUT2D eigenvalue weighted by Crippen LogP contribution is -2.28. The molecule has 0 bridgehead atoms. The van der Waals surface area contributed by atoms with E-state index in [0.29, 0.717) is 24.5 Å². The van der Waals surface area contributed by atoms with Gasteiger partial charge < -0.3 is 15.2 Å². The molecule has 0 saturated carbocycles. The third-order valence-corrected chi connectivity index (χ3v) is 4.43. The molecule has 0 aliphatic rings. The fraction of sp³-hybridized carbons (Fsp3) is 0.500. The van der Waals surface area contributed by atoms with Gasteiger partial charge in [-0.25, -0.2) is 13.1 Å². The average Bonchev–Trinajstić information content (AvgIpc) is 2.37. The Labute approximate surface area is 124 Å². The minimum Gasteiger partial charge on any atom is -0.398 e. The van der Waals surface area contributed by atoms with Gasteiger partial charge in [0.25, 0.3) is 0 Å². The zero-order chi connectivity index (χ0) is 15.2. The summed E-state index contributed by atoms with van der Waals surface area (Å²) < 4.78 is 36.7. The van der Waals surface area contributed by atoms with Crippen LogP contribution in [0.2, 0.25) is 5.02 Å². The molecule has 0 radical (unpaired) electrons. The van der Waals surface area contributed by atoms with Crippen molar-refractivity contribution in [3.05, 3.63) is 22.7 Å². The maximum Gasteiger partial charge on any atom is 0.241 e. The zero-order valence-electron chi connectivity index (χ0n) is 11.5. The molecule has 6 nitrogen and oxygen atoms in total. The molecule has 0 saturated heterocycles. The molecule has 1 aromatic carbocycles. The van der Waals surface area contributed by atoms with Crippen LogP contribution >= 0.6 is 11.6 Å². The molecule has 0 aliphatic carbocycles. The second kappa shape index (κ2) is 7.80. The molecule has 1 aromatic rings. The molecule has 0 amide bonds. The summed E-state index contributed by atoms with van der Waals surface area (Å²) in [4.78, 5) is 0.0828. The van der Waals surface area contributed by atoms with Crippen molar-refractivity contribution in [1.82, 2.24) is 4.72 Å². The van der Waals surface area contributed by atoms with Crippen molar-refractivity contribution in [3.63, 3.8) is 0 Å². The lowest BCUT2D eigenvalue weighted by atomic mass is 10.2. The van der Waals surface area contributed by atoms with Crippen LogP contribution in [0.5, 0.6) is 0 Å². The minimum absolute atomic E-state index is 0.0828. The zero-order valence-corrected chi connectivity index (χ0v) is 13.1. The van der Waals surface area contributed by atoms with Crippen LogP contribution in [0.1, 0.15) is 5.56 Å². The summed E-state index contributed by atoms with van der Waals surface area (Å²) in [6.07, 6.45) is 0. The van der Waals surface area contributed by atoms with Gasteiger partial charge in [-0.1, -0.05) is 11.6 Å². The van der Waals surface area contributed by atoms with Gasteiger partial charge in [0.2, 0.25) is 10.0 Å². The first kappa shape index (κ1) is 17.2. The van der Waals surface area contributed by atoms with Crippen molar-refractivity contribution < 1.29 is 17.9 Å². The number of hydrogen-bond donors (Lipinski definition) is 2. The van der Waals surface area contributed by atoms with E-state index in [1.807, 2.05) is 0 Å². The fourth-order valence-corrected chi connectivity index (χ4v) is 3.13. The lowest BCUT2D eigenvalue weighted by Gasteiger charge is -2.11. The van der Waals surface area contributed by atoms with Gasteiger partial charge in [0, 0.05) is 24.4 Å². The topological polar surface area (TPSA) is 90.6 Å². The number of nitrogens with one attached hydrogen (secondary N) is 1. The number of sulfonamides is 1. The highest BCUT2D eigenvalue weighted by molar-refractivity contribution is 7.89. The molecule has 0 atom stereocenters. The smallest absolute Gasteiger partial charge is 0.241 e. The molecule has 0 heterocycles. The first-order valence-electron chi connectivity index (χ1n) is 6.00. The standard InChI is InChI=1S/C12H19ClN2O4S/c1-9-11(14)7-10(13)8-12(9)20(16,17)15-3-4-19-6-5-18-2/h7-8,15H,3-6,14H2,1-2H3. The Hall–Kier alpha value is -0.860. The van der Waals surface area contributed by atoms with Crippen LogP contribution in [0.4, 0.5) is 5.69 Å². The number of rotatable bonds is 8. The quantitative estimate of drug-likeness (QED) is 0.554. The molecule has 0 aliphatic heterocycles. The normalized spacial score (nSPS) is 11.8. The van der Waals surface area contributed by atoms with E-state index >= 15 is 0 Å². The molecule has 0 unspecified atom stereocenters. The molecule has 3 N–H and O–H groups in total. The van der Waals surface area contributed by atoms with Crippen LogP contribution in [0, 0.1) is 6.92 Å². The number of nitrogen functional groups attached to an aromatic ring is 1. The molecule has 20 heavy (non-hydrogen) atoms. The Kier molecular flexibility index (Phi) is 6.70. The summed E-state index contributed by atoms with van der Waals surface area (Å²) in [6, 6.07) is 2.89. The van der Waals surface area contributed by atoms with Gasteiger partial charge in [-0.15, -0.1) is 0 Å². The average molecular weight is 323 g/mol. The molecular formula is C12H19ClN2O4S. The van der Waals surface area contributed by atoms with Crippen LogP contribution in [0.3, 0.4) is 0 Å². The monoisotopic (exact) mass is 322 g/mol. The van der Waals surface area contributed by atoms with Gasteiger partial charge in [0.1, 0.15) is 0 Å². The number of anilines is 1. The highest BCUT2D eigenvalue weighted by Gasteiger charge is 2.18. The Morgan fingerprint density at radius 1 is 1.30 bits per heavy atom. The van der Waals surface area contributed by atoms with Gasteiger partial charge in [-0.3, -0.25) is 0 Å². The van der Waals surface area contributed by atoms with Gasteiger partial charge >= 0.3 is 0 Å². The first-order valence-corrected chi connectivity index (χ1v) is 7.86. The number of hydrogen-bond acceptors (Lipinski definition) is 5. The van der Waals surface area contributed by atoms with E-state index < -0.39 is 10.0 Å². The first-order chi connectivity index (χ1) is 9.38. The summed E-state index contributed by atoms with van der Waals surface area (Å²) in [6.45, 7) is 2.95. The van der Waals surface area contributed by atoms with E-state index in [-0.39, 0.29) is 23.1 Å². The van der Waals surface area contributed by atoms with E-state index in [1.165, 1.54) is 12.1 Å². The van der Waals surface area contributed by atoms with E-state index in [1.54, 1.807) is 14.0 Å². The highest BCUT2D eigenvalue weighted by atomic mass is 35.5. The molecule has 0 fully saturated rings. The predicted molar refractivity (Wildman–Crippen MR) is 78.5 cm³/mol. The number of methoxy groups -OCH3 is 1. The number of halogens is 1.